The van der Waals surface area contributed by atoms with Crippen molar-refractivity contribution in [3.8, 4) is 22.6 Å². The molecule has 0 aliphatic carbocycles. The number of hydrogen-bond donors (Lipinski definition) is 1. The second kappa shape index (κ2) is 9.16. The van der Waals surface area contributed by atoms with Crippen LogP contribution in [0.1, 0.15) is 36.8 Å². The first-order chi connectivity index (χ1) is 16.8. The summed E-state index contributed by atoms with van der Waals surface area (Å²) in [5.74, 6) is -0.105. The van der Waals surface area contributed by atoms with E-state index < -0.39 is 5.60 Å². The number of ether oxygens (including phenoxy) is 1. The summed E-state index contributed by atoms with van der Waals surface area (Å²) in [6.07, 6.45) is 3.43. The van der Waals surface area contributed by atoms with Gasteiger partial charge in [0.1, 0.15) is 16.9 Å². The van der Waals surface area contributed by atoms with Crippen molar-refractivity contribution in [1.82, 2.24) is 29.6 Å². The van der Waals surface area contributed by atoms with Crippen LogP contribution in [0.25, 0.3) is 33.7 Å². The van der Waals surface area contributed by atoms with Crippen molar-refractivity contribution >= 4 is 16.9 Å². The minimum Gasteiger partial charge on any atom is -0.386 e. The number of hydrogen-bond acceptors (Lipinski definition) is 7. The number of aliphatic hydroxyl groups is 1. The number of carbonyl (C=O) groups excluding carboxylic acids is 1. The van der Waals surface area contributed by atoms with Gasteiger partial charge in [-0.2, -0.15) is 5.10 Å². The first-order valence-electron chi connectivity index (χ1n) is 11.8. The van der Waals surface area contributed by atoms with Gasteiger partial charge in [-0.3, -0.25) is 19.4 Å². The maximum absolute atomic E-state index is 13.0. The van der Waals surface area contributed by atoms with Gasteiger partial charge in [-0.25, -0.2) is 4.98 Å². The van der Waals surface area contributed by atoms with Crippen molar-refractivity contribution in [2.45, 2.75) is 32.9 Å². The van der Waals surface area contributed by atoms with E-state index in [1.807, 2.05) is 35.9 Å². The van der Waals surface area contributed by atoms with Crippen molar-refractivity contribution in [2.75, 3.05) is 26.3 Å². The van der Waals surface area contributed by atoms with Crippen molar-refractivity contribution in [2.24, 2.45) is 0 Å². The standard InChI is InChI=1S/C26H28N6O3/c1-4-32-22-8-7-20(25(33)31-11-13-35-14-12-31)29-24(22)23(30-32)19-6-5-17(16-28-19)21-15-18(9-10-27-21)26(2,3)34/h5-10,15-16,34H,4,11-14H2,1-3H3. The van der Waals surface area contributed by atoms with E-state index in [0.717, 1.165) is 22.3 Å². The average Bonchev–Trinajstić information content (AvgIpc) is 3.26. The van der Waals surface area contributed by atoms with Crippen LogP contribution < -0.4 is 0 Å². The number of aryl methyl sites for hydroxylation is 1. The van der Waals surface area contributed by atoms with Gasteiger partial charge in [0, 0.05) is 37.6 Å². The molecular formula is C26H28N6O3. The Balaban J connectivity index is 1.51. The van der Waals surface area contributed by atoms with E-state index in [1.165, 1.54) is 0 Å². The van der Waals surface area contributed by atoms with E-state index in [0.29, 0.717) is 55.4 Å². The van der Waals surface area contributed by atoms with Crippen LogP contribution in [0.5, 0.6) is 0 Å². The number of pyridine rings is 3. The third-order valence-electron chi connectivity index (χ3n) is 6.18. The number of nitrogens with zero attached hydrogens (tertiary/aromatic N) is 6. The van der Waals surface area contributed by atoms with Crippen molar-refractivity contribution < 1.29 is 14.6 Å². The average molecular weight is 473 g/mol. The molecule has 1 aliphatic heterocycles. The number of fused-ring (bicyclic) bond motifs is 1. The molecule has 1 amide bonds. The van der Waals surface area contributed by atoms with Crippen molar-refractivity contribution in [3.63, 3.8) is 0 Å². The zero-order chi connectivity index (χ0) is 24.6. The molecule has 5 heterocycles. The second-order valence-corrected chi connectivity index (χ2v) is 9.05. The normalized spacial score (nSPS) is 14.5. The molecule has 4 aromatic rings. The third kappa shape index (κ3) is 4.52. The summed E-state index contributed by atoms with van der Waals surface area (Å²) in [5, 5.41) is 15.1. The van der Waals surface area contributed by atoms with E-state index in [9.17, 15) is 9.90 Å². The van der Waals surface area contributed by atoms with Crippen molar-refractivity contribution in [1.29, 1.82) is 0 Å². The highest BCUT2D eigenvalue weighted by Crippen LogP contribution is 2.29. The van der Waals surface area contributed by atoms with Crippen LogP contribution in [-0.4, -0.2) is 66.9 Å². The molecule has 0 spiro atoms. The van der Waals surface area contributed by atoms with E-state index >= 15 is 0 Å². The van der Waals surface area contributed by atoms with E-state index in [2.05, 4.69) is 9.97 Å². The fourth-order valence-corrected chi connectivity index (χ4v) is 4.17. The third-order valence-corrected chi connectivity index (χ3v) is 6.18. The molecule has 9 nitrogen and oxygen atoms in total. The Bertz CT molecular complexity index is 1370. The van der Waals surface area contributed by atoms with Crippen LogP contribution in [0.4, 0.5) is 0 Å². The fourth-order valence-electron chi connectivity index (χ4n) is 4.17. The van der Waals surface area contributed by atoms with Crippen molar-refractivity contribution in [3.05, 3.63) is 60.0 Å². The summed E-state index contributed by atoms with van der Waals surface area (Å²) in [6, 6.07) is 11.1. The minimum absolute atomic E-state index is 0.105. The van der Waals surface area contributed by atoms with Gasteiger partial charge in [0.15, 0.2) is 0 Å². The number of morpholine rings is 1. The highest BCUT2D eigenvalue weighted by Gasteiger charge is 2.22. The monoisotopic (exact) mass is 472 g/mol. The Morgan fingerprint density at radius 3 is 2.57 bits per heavy atom. The molecule has 1 fully saturated rings. The molecule has 5 rings (SSSR count). The van der Waals surface area contributed by atoms with Crippen LogP contribution in [0.3, 0.4) is 0 Å². The summed E-state index contributed by atoms with van der Waals surface area (Å²) < 4.78 is 7.23. The van der Waals surface area contributed by atoms with Gasteiger partial charge in [-0.05, 0) is 62.7 Å². The molecule has 1 aliphatic rings. The molecule has 0 atom stereocenters. The zero-order valence-corrected chi connectivity index (χ0v) is 20.1. The first kappa shape index (κ1) is 23.1. The molecule has 4 aromatic heterocycles. The quantitative estimate of drug-likeness (QED) is 0.475. The predicted molar refractivity (Wildman–Crippen MR) is 132 cm³/mol. The van der Waals surface area contributed by atoms with Crippen LogP contribution in [0.15, 0.2) is 48.8 Å². The molecule has 0 bridgehead atoms. The molecule has 0 unspecified atom stereocenters. The molecular weight excluding hydrogens is 444 g/mol. The van der Waals surface area contributed by atoms with Crippen LogP contribution in [0, 0.1) is 0 Å². The zero-order valence-electron chi connectivity index (χ0n) is 20.1. The molecule has 0 saturated carbocycles. The molecule has 180 valence electrons. The van der Waals surface area contributed by atoms with Crippen LogP contribution in [0.2, 0.25) is 0 Å². The van der Waals surface area contributed by atoms with Gasteiger partial charge in [0.05, 0.1) is 35.7 Å². The topological polar surface area (TPSA) is 106 Å². The summed E-state index contributed by atoms with van der Waals surface area (Å²) in [4.78, 5) is 28.6. The molecule has 1 saturated heterocycles. The number of rotatable bonds is 5. The van der Waals surface area contributed by atoms with Gasteiger partial charge in [-0.1, -0.05) is 0 Å². The lowest BCUT2D eigenvalue weighted by Gasteiger charge is -2.26. The van der Waals surface area contributed by atoms with Gasteiger partial charge < -0.3 is 14.7 Å². The molecule has 35 heavy (non-hydrogen) atoms. The second-order valence-electron chi connectivity index (χ2n) is 9.05. The maximum atomic E-state index is 13.0. The minimum atomic E-state index is -0.959. The summed E-state index contributed by atoms with van der Waals surface area (Å²) in [7, 11) is 0. The predicted octanol–water partition coefficient (Wildman–Crippen LogP) is 3.28. The SMILES string of the molecule is CCn1nc(-c2ccc(-c3cc(C(C)(C)O)ccn3)cn2)c2nc(C(=O)N3CCOCC3)ccc21. The van der Waals surface area contributed by atoms with Gasteiger partial charge in [-0.15, -0.1) is 0 Å². The smallest absolute Gasteiger partial charge is 0.272 e. The number of amides is 1. The molecule has 0 aromatic carbocycles. The van der Waals surface area contributed by atoms with Gasteiger partial charge >= 0.3 is 0 Å². The van der Waals surface area contributed by atoms with E-state index in [1.54, 1.807) is 43.3 Å². The Labute approximate surface area is 203 Å². The maximum Gasteiger partial charge on any atom is 0.272 e. The van der Waals surface area contributed by atoms with Gasteiger partial charge in [0.25, 0.3) is 5.91 Å². The van der Waals surface area contributed by atoms with Crippen LogP contribution in [-0.2, 0) is 16.9 Å². The summed E-state index contributed by atoms with van der Waals surface area (Å²) in [5.41, 5.74) is 4.55. The Morgan fingerprint density at radius 1 is 1.09 bits per heavy atom. The Morgan fingerprint density at radius 2 is 1.89 bits per heavy atom. The van der Waals surface area contributed by atoms with Crippen LogP contribution >= 0.6 is 0 Å². The molecule has 0 radical (unpaired) electrons. The van der Waals surface area contributed by atoms with Gasteiger partial charge in [0.2, 0.25) is 0 Å². The lowest BCUT2D eigenvalue weighted by molar-refractivity contribution is 0.0299. The highest BCUT2D eigenvalue weighted by molar-refractivity contribution is 5.97. The Hall–Kier alpha value is -3.69. The number of aromatic nitrogens is 5. The highest BCUT2D eigenvalue weighted by atomic mass is 16.5. The fraction of sp³-hybridized carbons (Fsp3) is 0.346. The summed E-state index contributed by atoms with van der Waals surface area (Å²) in [6.45, 7) is 8.37. The number of carbonyl (C=O) groups is 1. The largest absolute Gasteiger partial charge is 0.386 e. The lowest BCUT2D eigenvalue weighted by atomic mass is 9.98. The molecule has 1 N–H and O–H groups in total. The first-order valence-corrected chi connectivity index (χ1v) is 11.8. The lowest BCUT2D eigenvalue weighted by Crippen LogP contribution is -2.41. The molecule has 9 heteroatoms. The summed E-state index contributed by atoms with van der Waals surface area (Å²) >= 11 is 0. The van der Waals surface area contributed by atoms with E-state index in [4.69, 9.17) is 14.8 Å². The van der Waals surface area contributed by atoms with E-state index in [-0.39, 0.29) is 5.91 Å². The Kier molecular flexibility index (Phi) is 6.04.